The van der Waals surface area contributed by atoms with Crippen molar-refractivity contribution >= 4 is 34.3 Å². The second kappa shape index (κ2) is 10.1. The summed E-state index contributed by atoms with van der Waals surface area (Å²) in [7, 11) is 2.05. The van der Waals surface area contributed by atoms with Crippen LogP contribution in [0.2, 0.25) is 0 Å². The van der Waals surface area contributed by atoms with E-state index in [1.165, 1.54) is 6.33 Å². The maximum atomic E-state index is 12.7. The molecule has 194 valence electrons. The van der Waals surface area contributed by atoms with Crippen molar-refractivity contribution in [3.05, 3.63) is 72.4 Å². The van der Waals surface area contributed by atoms with Gasteiger partial charge < -0.3 is 24.6 Å². The highest BCUT2D eigenvalue weighted by Gasteiger charge is 2.21. The van der Waals surface area contributed by atoms with Gasteiger partial charge in [-0.25, -0.2) is 25.2 Å². The number of nitrogens with zero attached hydrogens (tertiary/aromatic N) is 6. The van der Waals surface area contributed by atoms with Gasteiger partial charge in [0, 0.05) is 49.5 Å². The Morgan fingerprint density at radius 1 is 1.08 bits per heavy atom. The Morgan fingerprint density at radius 3 is 2.79 bits per heavy atom. The molecule has 1 aromatic heterocycles. The van der Waals surface area contributed by atoms with E-state index in [4.69, 9.17) is 9.47 Å². The maximum Gasteiger partial charge on any atom is 0.415 e. The number of hydrogen-bond acceptors (Lipinski definition) is 10. The van der Waals surface area contributed by atoms with Crippen molar-refractivity contribution in [3.8, 4) is 11.5 Å². The molecule has 1 fully saturated rings. The normalized spacial score (nSPS) is 17.2. The number of anilines is 2. The van der Waals surface area contributed by atoms with Gasteiger partial charge in [-0.05, 0) is 62.0 Å². The van der Waals surface area contributed by atoms with Crippen molar-refractivity contribution < 1.29 is 14.3 Å². The van der Waals surface area contributed by atoms with Crippen LogP contribution in [-0.4, -0.2) is 76.6 Å². The fraction of sp³-hybridized carbons (Fsp3) is 0.259. The van der Waals surface area contributed by atoms with Crippen LogP contribution in [0.15, 0.2) is 71.8 Å². The first-order valence-corrected chi connectivity index (χ1v) is 12.4. The number of fused-ring (bicyclic) bond motifs is 2. The van der Waals surface area contributed by atoms with Crippen molar-refractivity contribution in [1.29, 1.82) is 0 Å². The lowest BCUT2D eigenvalue weighted by Crippen LogP contribution is -2.48. The van der Waals surface area contributed by atoms with Crippen LogP contribution in [0.3, 0.4) is 0 Å². The number of aliphatic imine (C=N–C) groups is 1. The highest BCUT2D eigenvalue weighted by Crippen LogP contribution is 2.30. The van der Waals surface area contributed by atoms with Crippen LogP contribution in [0.5, 0.6) is 11.5 Å². The van der Waals surface area contributed by atoms with Gasteiger partial charge in [0.15, 0.2) is 0 Å². The lowest BCUT2D eigenvalue weighted by atomic mass is 10.2. The van der Waals surface area contributed by atoms with Crippen LogP contribution in [0.1, 0.15) is 5.56 Å². The number of ether oxygens (including phenoxy) is 2. The summed E-state index contributed by atoms with van der Waals surface area (Å²) in [5, 5.41) is 5.98. The third-order valence-electron chi connectivity index (χ3n) is 6.63. The van der Waals surface area contributed by atoms with Gasteiger partial charge in [-0.1, -0.05) is 0 Å². The Kier molecular flexibility index (Phi) is 6.36. The van der Waals surface area contributed by atoms with Crippen LogP contribution in [-0.2, 0) is 0 Å². The zero-order valence-electron chi connectivity index (χ0n) is 21.2. The second-order valence-corrected chi connectivity index (χ2v) is 9.33. The van der Waals surface area contributed by atoms with E-state index in [-0.39, 0.29) is 6.09 Å². The third kappa shape index (κ3) is 5.01. The number of aryl methyl sites for hydroxylation is 1. The SMILES string of the molecule is Cc1cc(Nc2ncnc3ccc(OC(=O)N4CCN(C)CC4)cc23)ccc1OC1=CC2=NCNN2C=C1. The largest absolute Gasteiger partial charge is 0.457 e. The van der Waals surface area contributed by atoms with Crippen LogP contribution in [0, 0.1) is 6.92 Å². The van der Waals surface area contributed by atoms with E-state index in [1.54, 1.807) is 17.0 Å². The molecule has 0 spiro atoms. The number of nitrogens with one attached hydrogen (secondary N) is 2. The summed E-state index contributed by atoms with van der Waals surface area (Å²) in [6, 6.07) is 11.2. The molecule has 3 aliphatic rings. The summed E-state index contributed by atoms with van der Waals surface area (Å²) in [6.45, 7) is 5.50. The monoisotopic (exact) mass is 512 g/mol. The summed E-state index contributed by atoms with van der Waals surface area (Å²) in [4.78, 5) is 29.8. The fourth-order valence-corrected chi connectivity index (χ4v) is 4.44. The molecule has 2 aromatic carbocycles. The first kappa shape index (κ1) is 23.9. The molecule has 3 aromatic rings. The van der Waals surface area contributed by atoms with Crippen LogP contribution >= 0.6 is 0 Å². The van der Waals surface area contributed by atoms with E-state index in [2.05, 4.69) is 30.6 Å². The second-order valence-electron chi connectivity index (χ2n) is 9.33. The van der Waals surface area contributed by atoms with Crippen molar-refractivity contribution in [2.45, 2.75) is 6.92 Å². The van der Waals surface area contributed by atoms with Crippen molar-refractivity contribution in [2.75, 3.05) is 45.2 Å². The van der Waals surface area contributed by atoms with Gasteiger partial charge in [-0.2, -0.15) is 0 Å². The standard InChI is InChI=1S/C27H28N8O3/c1-18-13-19(3-6-24(18)37-21-7-8-35-25(15-21)29-17-31-35)32-26-22-14-20(4-5-23(22)28-16-30-26)38-27(36)34-11-9-33(2)10-12-34/h3-8,13-16,31H,9-12,17H2,1-2H3,(H,28,30,32). The van der Waals surface area contributed by atoms with Crippen LogP contribution < -0.4 is 20.2 Å². The molecule has 4 heterocycles. The number of rotatable bonds is 5. The lowest BCUT2D eigenvalue weighted by molar-refractivity contribution is 0.120. The first-order valence-electron chi connectivity index (χ1n) is 12.4. The van der Waals surface area contributed by atoms with Crippen LogP contribution in [0.25, 0.3) is 10.9 Å². The van der Waals surface area contributed by atoms with Gasteiger partial charge in [-0.15, -0.1) is 0 Å². The van der Waals surface area contributed by atoms with E-state index in [9.17, 15) is 4.79 Å². The van der Waals surface area contributed by atoms with Gasteiger partial charge in [0.1, 0.15) is 41.9 Å². The minimum Gasteiger partial charge on any atom is -0.457 e. The summed E-state index contributed by atoms with van der Waals surface area (Å²) < 4.78 is 11.8. The van der Waals surface area contributed by atoms with E-state index < -0.39 is 0 Å². The first-order chi connectivity index (χ1) is 18.5. The lowest BCUT2D eigenvalue weighted by Gasteiger charge is -2.31. The molecule has 0 atom stereocenters. The van der Waals surface area contributed by atoms with Crippen LogP contribution in [0.4, 0.5) is 16.3 Å². The molecular weight excluding hydrogens is 484 g/mol. The quantitative estimate of drug-likeness (QED) is 0.532. The summed E-state index contributed by atoms with van der Waals surface area (Å²) in [5.41, 5.74) is 5.67. The molecule has 2 N–H and O–H groups in total. The number of allylic oxidation sites excluding steroid dienone is 1. The molecule has 6 rings (SSSR count). The molecule has 11 heteroatoms. The number of amides is 1. The molecule has 0 radical (unpaired) electrons. The number of benzene rings is 2. The highest BCUT2D eigenvalue weighted by atomic mass is 16.6. The van der Waals surface area contributed by atoms with E-state index >= 15 is 0 Å². The minimum atomic E-state index is -0.345. The van der Waals surface area contributed by atoms with Gasteiger partial charge in [0.25, 0.3) is 0 Å². The topological polar surface area (TPSA) is 107 Å². The summed E-state index contributed by atoms with van der Waals surface area (Å²) in [6.07, 6.45) is 6.85. The number of likely N-dealkylation sites (N-methyl/N-ethyl adjacent to an activating group) is 1. The Labute approximate surface area is 220 Å². The highest BCUT2D eigenvalue weighted by molar-refractivity contribution is 5.96. The molecule has 1 amide bonds. The van der Waals surface area contributed by atoms with Gasteiger partial charge in [0.05, 0.1) is 5.52 Å². The average Bonchev–Trinajstić information content (AvgIpc) is 3.39. The van der Waals surface area contributed by atoms with E-state index in [0.717, 1.165) is 46.8 Å². The molecule has 3 aliphatic heterocycles. The molecule has 0 bridgehead atoms. The van der Waals surface area contributed by atoms with E-state index in [1.807, 2.05) is 61.6 Å². The average molecular weight is 513 g/mol. The molecule has 0 saturated carbocycles. The number of piperazine rings is 1. The van der Waals surface area contributed by atoms with Crippen molar-refractivity contribution in [2.24, 2.45) is 4.99 Å². The number of carbonyl (C=O) groups excluding carboxylic acids is 1. The Hall–Kier alpha value is -4.48. The Balaban J connectivity index is 1.18. The zero-order valence-corrected chi connectivity index (χ0v) is 21.2. The van der Waals surface area contributed by atoms with E-state index in [0.29, 0.717) is 37.1 Å². The summed E-state index contributed by atoms with van der Waals surface area (Å²) >= 11 is 0. The number of carbonyl (C=O) groups is 1. The predicted octanol–water partition coefficient (Wildman–Crippen LogP) is 3.39. The Morgan fingerprint density at radius 2 is 1.95 bits per heavy atom. The minimum absolute atomic E-state index is 0.345. The van der Waals surface area contributed by atoms with Gasteiger partial charge in [0.2, 0.25) is 0 Å². The predicted molar refractivity (Wildman–Crippen MR) is 144 cm³/mol. The third-order valence-corrected chi connectivity index (χ3v) is 6.63. The number of amidine groups is 1. The number of aromatic nitrogens is 2. The number of hydrazine groups is 1. The van der Waals surface area contributed by atoms with Gasteiger partial charge in [-0.3, -0.25) is 5.01 Å². The Bertz CT molecular complexity index is 1480. The van der Waals surface area contributed by atoms with Crippen molar-refractivity contribution in [1.82, 2.24) is 30.2 Å². The molecule has 11 nitrogen and oxygen atoms in total. The molecule has 38 heavy (non-hydrogen) atoms. The molecular formula is C27H28N8O3. The molecule has 1 saturated heterocycles. The smallest absolute Gasteiger partial charge is 0.415 e. The zero-order chi connectivity index (χ0) is 26.1. The van der Waals surface area contributed by atoms with Crippen molar-refractivity contribution in [3.63, 3.8) is 0 Å². The number of hydrogen-bond donors (Lipinski definition) is 2. The molecule has 0 unspecified atom stereocenters. The molecule has 0 aliphatic carbocycles. The maximum absolute atomic E-state index is 12.7. The fourth-order valence-electron chi connectivity index (χ4n) is 4.44. The summed E-state index contributed by atoms with van der Waals surface area (Å²) in [5.74, 6) is 3.35. The van der Waals surface area contributed by atoms with Gasteiger partial charge >= 0.3 is 6.09 Å².